The molecule has 0 radical (unpaired) electrons. The quantitative estimate of drug-likeness (QED) is 0.166. The number of nitrogens with zero attached hydrogens (tertiary/aromatic N) is 1. The molecule has 248 valence electrons. The van der Waals surface area contributed by atoms with Gasteiger partial charge in [0.2, 0.25) is 0 Å². The third-order valence-corrected chi connectivity index (χ3v) is 10.7. The Kier molecular flexibility index (Phi) is 7.39. The molecule has 0 atom stereocenters. The third-order valence-electron chi connectivity index (χ3n) is 10.7. The van der Waals surface area contributed by atoms with Crippen molar-refractivity contribution in [3.05, 3.63) is 158 Å². The summed E-state index contributed by atoms with van der Waals surface area (Å²) in [5, 5.41) is 4.67. The van der Waals surface area contributed by atoms with Gasteiger partial charge in [-0.05, 0) is 109 Å². The van der Waals surface area contributed by atoms with Crippen LogP contribution in [0.4, 0.5) is 17.1 Å². The van der Waals surface area contributed by atoms with Crippen molar-refractivity contribution in [2.75, 3.05) is 4.90 Å². The largest absolute Gasteiger partial charge is 0.494 e. The summed E-state index contributed by atoms with van der Waals surface area (Å²) in [6.45, 7) is 8.34. The Morgan fingerprint density at radius 3 is 1.69 bits per heavy atom. The predicted molar refractivity (Wildman–Crippen MR) is 212 cm³/mol. The van der Waals surface area contributed by atoms with E-state index in [1.165, 1.54) is 21.9 Å². The first-order chi connectivity index (χ1) is 24.8. The smallest absolute Gasteiger partial charge is 0.456 e. The lowest BCUT2D eigenvalue weighted by molar-refractivity contribution is 0.00578. The van der Waals surface area contributed by atoms with E-state index in [1.807, 2.05) is 12.1 Å². The van der Waals surface area contributed by atoms with Gasteiger partial charge in [-0.2, -0.15) is 0 Å². The molecule has 8 aromatic rings. The maximum absolute atomic E-state index is 6.33. The number of hydrogen-bond donors (Lipinski definition) is 0. The molecular weight excluding hydrogens is 625 g/mol. The molecule has 0 bridgehead atoms. The first kappa shape index (κ1) is 31.4. The minimum atomic E-state index is -0.381. The highest BCUT2D eigenvalue weighted by Crippen LogP contribution is 2.44. The SMILES string of the molecule is CC1(C)OB(c2ccc(-c3ccc(N(c4ccc(-c5cccc6ccccc56)cc4)c4cccc5oc6ccccc6c45)cc3)cc2)OC1(C)C. The lowest BCUT2D eigenvalue weighted by Crippen LogP contribution is -2.41. The molecule has 0 aliphatic carbocycles. The number of furan rings is 1. The van der Waals surface area contributed by atoms with Crippen molar-refractivity contribution in [3.8, 4) is 22.3 Å². The van der Waals surface area contributed by atoms with Crippen LogP contribution in [0.25, 0.3) is 55.0 Å². The molecular formula is C46H38BNO3. The normalized spacial score (nSPS) is 15.2. The predicted octanol–water partition coefficient (Wildman–Crippen LogP) is 11.8. The van der Waals surface area contributed by atoms with Gasteiger partial charge < -0.3 is 18.6 Å². The molecule has 1 saturated heterocycles. The van der Waals surface area contributed by atoms with Gasteiger partial charge in [0.15, 0.2) is 0 Å². The molecule has 1 aromatic heterocycles. The summed E-state index contributed by atoms with van der Waals surface area (Å²) < 4.78 is 18.9. The second-order valence-electron chi connectivity index (χ2n) is 14.4. The fraction of sp³-hybridized carbons (Fsp3) is 0.130. The Bertz CT molecular complexity index is 2510. The summed E-state index contributed by atoms with van der Waals surface area (Å²) in [4.78, 5) is 2.34. The Labute approximate surface area is 299 Å². The lowest BCUT2D eigenvalue weighted by atomic mass is 9.78. The molecule has 1 aliphatic heterocycles. The average Bonchev–Trinajstić information content (AvgIpc) is 3.65. The maximum Gasteiger partial charge on any atom is 0.494 e. The van der Waals surface area contributed by atoms with E-state index in [4.69, 9.17) is 13.7 Å². The van der Waals surface area contributed by atoms with E-state index in [1.54, 1.807) is 0 Å². The fourth-order valence-corrected chi connectivity index (χ4v) is 7.25. The topological polar surface area (TPSA) is 34.8 Å². The number of benzene rings is 7. The minimum absolute atomic E-state index is 0.374. The molecule has 1 fully saturated rings. The van der Waals surface area contributed by atoms with Crippen LogP contribution in [0.3, 0.4) is 0 Å². The van der Waals surface area contributed by atoms with Crippen LogP contribution in [0.2, 0.25) is 0 Å². The van der Waals surface area contributed by atoms with Crippen molar-refractivity contribution in [1.29, 1.82) is 0 Å². The number of anilines is 3. The molecule has 4 nitrogen and oxygen atoms in total. The van der Waals surface area contributed by atoms with Crippen molar-refractivity contribution in [3.63, 3.8) is 0 Å². The van der Waals surface area contributed by atoms with E-state index >= 15 is 0 Å². The number of hydrogen-bond acceptors (Lipinski definition) is 4. The van der Waals surface area contributed by atoms with Crippen LogP contribution < -0.4 is 10.4 Å². The molecule has 0 unspecified atom stereocenters. The highest BCUT2D eigenvalue weighted by Gasteiger charge is 2.51. The Balaban J connectivity index is 1.10. The number of fused-ring (bicyclic) bond motifs is 4. The maximum atomic E-state index is 6.33. The summed E-state index contributed by atoms with van der Waals surface area (Å²) in [5.74, 6) is 0. The molecule has 0 amide bonds. The van der Waals surface area contributed by atoms with Gasteiger partial charge >= 0.3 is 7.12 Å². The second kappa shape index (κ2) is 12.0. The van der Waals surface area contributed by atoms with Crippen LogP contribution >= 0.6 is 0 Å². The molecule has 5 heteroatoms. The zero-order valence-electron chi connectivity index (χ0n) is 29.3. The van der Waals surface area contributed by atoms with Gasteiger partial charge in [0.25, 0.3) is 0 Å². The van der Waals surface area contributed by atoms with Crippen molar-refractivity contribution < 1.29 is 13.7 Å². The minimum Gasteiger partial charge on any atom is -0.456 e. The zero-order valence-corrected chi connectivity index (χ0v) is 29.3. The summed E-state index contributed by atoms with van der Waals surface area (Å²) in [6.07, 6.45) is 0. The molecule has 7 aromatic carbocycles. The van der Waals surface area contributed by atoms with E-state index in [0.717, 1.165) is 55.6 Å². The first-order valence-corrected chi connectivity index (χ1v) is 17.6. The molecule has 1 aliphatic rings. The van der Waals surface area contributed by atoms with E-state index < -0.39 is 0 Å². The molecule has 0 saturated carbocycles. The van der Waals surface area contributed by atoms with Crippen LogP contribution in [-0.4, -0.2) is 18.3 Å². The summed E-state index contributed by atoms with van der Waals surface area (Å²) in [7, 11) is -0.381. The van der Waals surface area contributed by atoms with Crippen LogP contribution in [0.5, 0.6) is 0 Å². The molecule has 51 heavy (non-hydrogen) atoms. The van der Waals surface area contributed by atoms with Crippen LogP contribution in [0, 0.1) is 0 Å². The highest BCUT2D eigenvalue weighted by molar-refractivity contribution is 6.62. The van der Waals surface area contributed by atoms with Gasteiger partial charge in [0, 0.05) is 16.8 Å². The van der Waals surface area contributed by atoms with E-state index in [-0.39, 0.29) is 18.3 Å². The lowest BCUT2D eigenvalue weighted by Gasteiger charge is -2.32. The van der Waals surface area contributed by atoms with Crippen LogP contribution in [0.15, 0.2) is 162 Å². The third kappa shape index (κ3) is 5.41. The highest BCUT2D eigenvalue weighted by atomic mass is 16.7. The Morgan fingerprint density at radius 1 is 0.471 bits per heavy atom. The van der Waals surface area contributed by atoms with Gasteiger partial charge in [0.1, 0.15) is 11.2 Å². The zero-order chi connectivity index (χ0) is 34.7. The average molecular weight is 664 g/mol. The van der Waals surface area contributed by atoms with Gasteiger partial charge in [-0.25, -0.2) is 0 Å². The van der Waals surface area contributed by atoms with Crippen molar-refractivity contribution >= 4 is 62.4 Å². The van der Waals surface area contributed by atoms with Gasteiger partial charge in [-0.3, -0.25) is 0 Å². The molecule has 9 rings (SSSR count). The van der Waals surface area contributed by atoms with E-state index in [9.17, 15) is 0 Å². The van der Waals surface area contributed by atoms with Crippen LogP contribution in [-0.2, 0) is 9.31 Å². The van der Waals surface area contributed by atoms with E-state index in [0.29, 0.717) is 0 Å². The van der Waals surface area contributed by atoms with Gasteiger partial charge in [-0.1, -0.05) is 115 Å². The van der Waals surface area contributed by atoms with Gasteiger partial charge in [-0.15, -0.1) is 0 Å². The van der Waals surface area contributed by atoms with Crippen molar-refractivity contribution in [1.82, 2.24) is 0 Å². The van der Waals surface area contributed by atoms with Crippen molar-refractivity contribution in [2.45, 2.75) is 38.9 Å². The molecule has 0 N–H and O–H groups in total. The summed E-state index contributed by atoms with van der Waals surface area (Å²) in [6, 6.07) is 55.9. The van der Waals surface area contributed by atoms with E-state index in [2.05, 4.69) is 178 Å². The van der Waals surface area contributed by atoms with Crippen LogP contribution in [0.1, 0.15) is 27.7 Å². The van der Waals surface area contributed by atoms with Crippen molar-refractivity contribution in [2.24, 2.45) is 0 Å². The number of rotatable bonds is 6. The monoisotopic (exact) mass is 663 g/mol. The first-order valence-electron chi connectivity index (χ1n) is 17.6. The Hall–Kier alpha value is -5.62. The summed E-state index contributed by atoms with van der Waals surface area (Å²) >= 11 is 0. The molecule has 0 spiro atoms. The standard InChI is InChI=1S/C46H38BNO3/c1-45(2)46(3,4)51-47(50-45)35-25-19-31(20-26-35)32-21-27-36(28-22-32)48(41-16-10-18-43-44(41)40-14-7-8-17-42(40)49-43)37-29-23-34(24-30-37)39-15-9-12-33-11-5-6-13-38(33)39/h5-30H,1-4H3. The van der Waals surface area contributed by atoms with Gasteiger partial charge in [0.05, 0.1) is 22.3 Å². The fourth-order valence-electron chi connectivity index (χ4n) is 7.25. The second-order valence-corrected chi connectivity index (χ2v) is 14.4. The summed E-state index contributed by atoms with van der Waals surface area (Å²) in [5.41, 5.74) is 9.89. The Morgan fingerprint density at radius 2 is 1.00 bits per heavy atom. The molecule has 2 heterocycles. The number of para-hydroxylation sites is 1.